The van der Waals surface area contributed by atoms with Gasteiger partial charge in [0, 0.05) is 30.8 Å². The molecule has 0 aliphatic rings. The van der Waals surface area contributed by atoms with Crippen molar-refractivity contribution in [2.45, 2.75) is 45.6 Å². The molecule has 4 aromatic rings. The second kappa shape index (κ2) is 15.3. The number of carbonyl (C=O) groups excluding carboxylic acids is 2. The summed E-state index contributed by atoms with van der Waals surface area (Å²) in [5.74, 6) is -0.440. The summed E-state index contributed by atoms with van der Waals surface area (Å²) in [6, 6.07) is 28.0. The molecule has 0 atom stereocenters. The van der Waals surface area contributed by atoms with Crippen molar-refractivity contribution in [1.29, 1.82) is 0 Å². The van der Waals surface area contributed by atoms with Crippen LogP contribution in [0.4, 0.5) is 0 Å². The maximum Gasteiger partial charge on any atom is 0.305 e. The van der Waals surface area contributed by atoms with Gasteiger partial charge in [-0.15, -0.1) is 0 Å². The molecule has 0 aliphatic carbocycles. The predicted octanol–water partition coefficient (Wildman–Crippen LogP) is 6.76. The summed E-state index contributed by atoms with van der Waals surface area (Å²) in [7, 11) is 3.12. The molecule has 0 heterocycles. The summed E-state index contributed by atoms with van der Waals surface area (Å²) in [6.45, 7) is 7.10. The molecule has 4 rings (SSSR count). The van der Waals surface area contributed by atoms with Crippen LogP contribution in [-0.2, 0) is 23.2 Å². The summed E-state index contributed by atoms with van der Waals surface area (Å²) in [4.78, 5) is 40.7. The molecule has 0 unspecified atom stereocenters. The van der Waals surface area contributed by atoms with Gasteiger partial charge in [0.05, 0.1) is 20.6 Å². The van der Waals surface area contributed by atoms with Gasteiger partial charge in [0.2, 0.25) is 0 Å². The van der Waals surface area contributed by atoms with E-state index in [0.29, 0.717) is 46.7 Å². The highest BCUT2D eigenvalue weighted by molar-refractivity contribution is 6.06. The third kappa shape index (κ3) is 8.33. The van der Waals surface area contributed by atoms with Gasteiger partial charge in [-0.05, 0) is 57.9 Å². The van der Waals surface area contributed by atoms with Crippen LogP contribution in [0, 0.1) is 0 Å². The average molecular weight is 623 g/mol. The summed E-state index contributed by atoms with van der Waals surface area (Å²) in [6.07, 6.45) is 0.211. The first-order valence-electron chi connectivity index (χ1n) is 15.3. The third-order valence-corrected chi connectivity index (χ3v) is 7.91. The highest BCUT2D eigenvalue weighted by Crippen LogP contribution is 2.32. The van der Waals surface area contributed by atoms with Gasteiger partial charge in [-0.3, -0.25) is 14.4 Å². The number of para-hydroxylation sites is 1. The molecule has 0 spiro atoms. The van der Waals surface area contributed by atoms with Crippen molar-refractivity contribution in [2.75, 3.05) is 27.3 Å². The van der Waals surface area contributed by atoms with E-state index in [0.717, 1.165) is 11.1 Å². The fourth-order valence-electron chi connectivity index (χ4n) is 5.34. The number of benzene rings is 4. The lowest BCUT2D eigenvalue weighted by atomic mass is 9.87. The zero-order valence-electron chi connectivity index (χ0n) is 27.1. The van der Waals surface area contributed by atoms with Crippen LogP contribution < -0.4 is 14.8 Å². The molecule has 0 saturated heterocycles. The Morgan fingerprint density at radius 1 is 0.761 bits per heavy atom. The number of carbonyl (C=O) groups is 3. The lowest BCUT2D eigenvalue weighted by molar-refractivity contribution is -0.137. The highest BCUT2D eigenvalue weighted by atomic mass is 16.5. The van der Waals surface area contributed by atoms with Crippen LogP contribution in [0.1, 0.15) is 64.6 Å². The van der Waals surface area contributed by atoms with E-state index >= 15 is 0 Å². The van der Waals surface area contributed by atoms with Crippen LogP contribution >= 0.6 is 0 Å². The van der Waals surface area contributed by atoms with Crippen molar-refractivity contribution in [3.05, 3.63) is 119 Å². The minimum Gasteiger partial charge on any atom is -0.493 e. The fraction of sp³-hybridized carbons (Fsp3) is 0.289. The molecular formula is C38H42N2O6. The number of rotatable bonds is 13. The lowest BCUT2D eigenvalue weighted by Gasteiger charge is -2.24. The first-order valence-corrected chi connectivity index (χ1v) is 15.3. The van der Waals surface area contributed by atoms with Crippen LogP contribution in [0.25, 0.3) is 11.1 Å². The summed E-state index contributed by atoms with van der Waals surface area (Å²) in [5.41, 5.74) is 5.09. The predicted molar refractivity (Wildman–Crippen MR) is 180 cm³/mol. The van der Waals surface area contributed by atoms with E-state index in [9.17, 15) is 19.5 Å². The Bertz CT molecular complexity index is 1670. The smallest absolute Gasteiger partial charge is 0.305 e. The largest absolute Gasteiger partial charge is 0.493 e. The standard InChI is InChI=1S/C38H42N2O6/c1-38(2,3)28-19-17-26(18-20-28)25-39-36(43)31-14-8-6-12-29(31)30-13-7-9-15-32(30)37(44)40(24-22-34(41)42)23-21-27-11-10-16-33(45-4)35(27)46-5/h6-20H,21-25H2,1-5H3,(H,39,43)(H,41,42). The molecule has 4 aromatic carbocycles. The van der Waals surface area contributed by atoms with E-state index in [-0.39, 0.29) is 36.7 Å². The Labute approximate surface area is 271 Å². The van der Waals surface area contributed by atoms with Crippen LogP contribution in [-0.4, -0.2) is 55.1 Å². The maximum atomic E-state index is 14.1. The SMILES string of the molecule is COc1cccc(CCN(CCC(=O)O)C(=O)c2ccccc2-c2ccccc2C(=O)NCc2ccc(C(C)(C)C)cc2)c1OC. The van der Waals surface area contributed by atoms with Crippen LogP contribution in [0.5, 0.6) is 11.5 Å². The first-order chi connectivity index (χ1) is 22.0. The number of methoxy groups -OCH3 is 2. The third-order valence-electron chi connectivity index (χ3n) is 7.91. The van der Waals surface area contributed by atoms with Gasteiger partial charge in [-0.2, -0.15) is 0 Å². The van der Waals surface area contributed by atoms with E-state index in [4.69, 9.17) is 9.47 Å². The normalized spacial score (nSPS) is 11.1. The lowest BCUT2D eigenvalue weighted by Crippen LogP contribution is -2.35. The molecule has 8 heteroatoms. The molecule has 2 N–H and O–H groups in total. The molecule has 2 amide bonds. The van der Waals surface area contributed by atoms with E-state index in [1.54, 1.807) is 44.6 Å². The molecule has 0 fully saturated rings. The topological polar surface area (TPSA) is 105 Å². The number of nitrogens with one attached hydrogen (secondary N) is 1. The molecule has 46 heavy (non-hydrogen) atoms. The zero-order valence-corrected chi connectivity index (χ0v) is 27.1. The van der Waals surface area contributed by atoms with Gasteiger partial charge >= 0.3 is 5.97 Å². The molecule has 0 saturated carbocycles. The second-order valence-electron chi connectivity index (χ2n) is 12.1. The molecule has 8 nitrogen and oxygen atoms in total. The van der Waals surface area contributed by atoms with Crippen molar-refractivity contribution in [3.8, 4) is 22.6 Å². The molecule has 0 aromatic heterocycles. The van der Waals surface area contributed by atoms with Crippen molar-refractivity contribution in [2.24, 2.45) is 0 Å². The Morgan fingerprint density at radius 2 is 1.39 bits per heavy atom. The highest BCUT2D eigenvalue weighted by Gasteiger charge is 2.23. The van der Waals surface area contributed by atoms with Gasteiger partial charge in [0.25, 0.3) is 11.8 Å². The number of amides is 2. The summed E-state index contributed by atoms with van der Waals surface area (Å²) >= 11 is 0. The number of hydrogen-bond acceptors (Lipinski definition) is 5. The van der Waals surface area contributed by atoms with Gasteiger partial charge in [0.15, 0.2) is 11.5 Å². The first kappa shape index (κ1) is 33.8. The van der Waals surface area contributed by atoms with E-state index in [2.05, 4.69) is 38.2 Å². The Balaban J connectivity index is 1.59. The van der Waals surface area contributed by atoms with E-state index < -0.39 is 5.97 Å². The molecular weight excluding hydrogens is 580 g/mol. The number of ether oxygens (including phenoxy) is 2. The molecule has 240 valence electrons. The molecule has 0 bridgehead atoms. The van der Waals surface area contributed by atoms with Crippen LogP contribution in [0.2, 0.25) is 0 Å². The minimum atomic E-state index is -1.000. The van der Waals surface area contributed by atoms with Crippen molar-refractivity contribution in [3.63, 3.8) is 0 Å². The van der Waals surface area contributed by atoms with E-state index in [1.165, 1.54) is 10.5 Å². The van der Waals surface area contributed by atoms with Gasteiger partial charge in [0.1, 0.15) is 0 Å². The van der Waals surface area contributed by atoms with E-state index in [1.807, 2.05) is 48.5 Å². The zero-order chi connectivity index (χ0) is 33.3. The number of carboxylic acids is 1. The fourth-order valence-corrected chi connectivity index (χ4v) is 5.34. The summed E-state index contributed by atoms with van der Waals surface area (Å²) in [5, 5.41) is 12.5. The van der Waals surface area contributed by atoms with Gasteiger partial charge in [-0.25, -0.2) is 0 Å². The minimum absolute atomic E-state index is 0.0188. The number of carboxylic acid groups (broad SMARTS) is 1. The maximum absolute atomic E-state index is 14.1. The quantitative estimate of drug-likeness (QED) is 0.171. The van der Waals surface area contributed by atoms with Gasteiger partial charge in [-0.1, -0.05) is 93.6 Å². The van der Waals surface area contributed by atoms with Crippen molar-refractivity contribution >= 4 is 17.8 Å². The second-order valence-corrected chi connectivity index (χ2v) is 12.1. The molecule has 0 radical (unpaired) electrons. The summed E-state index contributed by atoms with van der Waals surface area (Å²) < 4.78 is 11.0. The Morgan fingerprint density at radius 3 is 2.00 bits per heavy atom. The number of aliphatic carboxylic acids is 1. The van der Waals surface area contributed by atoms with Crippen LogP contribution in [0.15, 0.2) is 91.0 Å². The van der Waals surface area contributed by atoms with Crippen molar-refractivity contribution < 1.29 is 29.0 Å². The van der Waals surface area contributed by atoms with Crippen molar-refractivity contribution in [1.82, 2.24) is 10.2 Å². The molecule has 0 aliphatic heterocycles. The van der Waals surface area contributed by atoms with Crippen LogP contribution in [0.3, 0.4) is 0 Å². The monoisotopic (exact) mass is 622 g/mol. The number of nitrogens with zero attached hydrogens (tertiary/aromatic N) is 1. The Hall–Kier alpha value is -5.11. The van der Waals surface area contributed by atoms with Gasteiger partial charge < -0.3 is 24.8 Å². The Kier molecular flexibility index (Phi) is 11.2. The number of hydrogen-bond donors (Lipinski definition) is 2. The average Bonchev–Trinajstić information content (AvgIpc) is 3.06.